The van der Waals surface area contributed by atoms with Gasteiger partial charge in [-0.05, 0) is 37.8 Å². The quantitative estimate of drug-likeness (QED) is 0.220. The van der Waals surface area contributed by atoms with Crippen molar-refractivity contribution in [1.82, 2.24) is 5.32 Å². The number of hydrogen-bond donors (Lipinski definition) is 5. The summed E-state index contributed by atoms with van der Waals surface area (Å²) in [4.78, 5) is 35.0. The van der Waals surface area contributed by atoms with Gasteiger partial charge in [-0.2, -0.15) is 0 Å². The van der Waals surface area contributed by atoms with E-state index >= 15 is 0 Å². The standard InChI is InChI=1S/C18H18BrCl2N5O4/c19-7-13(22)17(28)26-18(29)25-8-5-11(20)14(12(21)6-8)30-16(24)10-4-2-1-3-9(10)15(23)27/h5-6,22,24H,1-4,7H2,(H2,23,27)(H2,25,26,28,29). The summed E-state index contributed by atoms with van der Waals surface area (Å²) in [6.45, 7) is 0. The number of amides is 4. The maximum absolute atomic E-state index is 11.9. The predicted molar refractivity (Wildman–Crippen MR) is 118 cm³/mol. The highest BCUT2D eigenvalue weighted by Crippen LogP contribution is 2.37. The van der Waals surface area contributed by atoms with Gasteiger partial charge in [0.25, 0.3) is 5.91 Å². The van der Waals surface area contributed by atoms with Crippen LogP contribution >= 0.6 is 39.1 Å². The Morgan fingerprint density at radius 1 is 1.10 bits per heavy atom. The number of nitrogens with one attached hydrogen (secondary N) is 4. The number of halogens is 3. The molecule has 160 valence electrons. The number of nitrogens with two attached hydrogens (primary N) is 1. The van der Waals surface area contributed by atoms with E-state index in [-0.39, 0.29) is 38.4 Å². The zero-order valence-corrected chi connectivity index (χ0v) is 18.6. The normalized spacial score (nSPS) is 13.4. The van der Waals surface area contributed by atoms with Gasteiger partial charge in [0.1, 0.15) is 5.71 Å². The number of alkyl halides is 1. The number of urea groups is 1. The first-order chi connectivity index (χ1) is 14.1. The van der Waals surface area contributed by atoms with Gasteiger partial charge in [0.2, 0.25) is 11.8 Å². The molecule has 12 heteroatoms. The van der Waals surface area contributed by atoms with Gasteiger partial charge < -0.3 is 15.8 Å². The summed E-state index contributed by atoms with van der Waals surface area (Å²) < 4.78 is 5.50. The molecule has 1 aromatic carbocycles. The zero-order chi connectivity index (χ0) is 22.4. The third-order valence-corrected chi connectivity index (χ3v) is 5.26. The predicted octanol–water partition coefficient (Wildman–Crippen LogP) is 3.77. The molecule has 0 unspecified atom stereocenters. The zero-order valence-electron chi connectivity index (χ0n) is 15.5. The minimum Gasteiger partial charge on any atom is -0.436 e. The van der Waals surface area contributed by atoms with E-state index in [1.807, 2.05) is 5.32 Å². The molecule has 0 atom stereocenters. The summed E-state index contributed by atoms with van der Waals surface area (Å²) in [6, 6.07) is 1.76. The van der Waals surface area contributed by atoms with Crippen LogP contribution in [0.1, 0.15) is 25.7 Å². The van der Waals surface area contributed by atoms with Crippen molar-refractivity contribution in [3.8, 4) is 5.75 Å². The van der Waals surface area contributed by atoms with E-state index in [4.69, 9.17) is 44.5 Å². The second-order valence-corrected chi connectivity index (χ2v) is 7.62. The smallest absolute Gasteiger partial charge is 0.326 e. The van der Waals surface area contributed by atoms with E-state index in [9.17, 15) is 14.4 Å². The van der Waals surface area contributed by atoms with E-state index in [0.717, 1.165) is 12.8 Å². The maximum Gasteiger partial charge on any atom is 0.326 e. The van der Waals surface area contributed by atoms with Crippen LogP contribution in [0.15, 0.2) is 23.3 Å². The first-order valence-electron chi connectivity index (χ1n) is 8.67. The third-order valence-electron chi connectivity index (χ3n) is 4.13. The summed E-state index contributed by atoms with van der Waals surface area (Å²) in [6.07, 6.45) is 2.55. The van der Waals surface area contributed by atoms with Crippen molar-refractivity contribution in [1.29, 1.82) is 10.8 Å². The minimum atomic E-state index is -0.877. The minimum absolute atomic E-state index is 0.000822. The molecule has 4 amide bonds. The van der Waals surface area contributed by atoms with Crippen LogP contribution in [0, 0.1) is 10.8 Å². The van der Waals surface area contributed by atoms with Crippen LogP contribution in [0.2, 0.25) is 10.0 Å². The lowest BCUT2D eigenvalue weighted by atomic mass is 9.91. The molecular weight excluding hydrogens is 501 g/mol. The monoisotopic (exact) mass is 517 g/mol. The van der Waals surface area contributed by atoms with Crippen molar-refractivity contribution >= 4 is 74.3 Å². The molecular formula is C18H18BrCl2N5O4. The molecule has 0 heterocycles. The van der Waals surface area contributed by atoms with Crippen LogP contribution in [-0.4, -0.2) is 34.8 Å². The van der Waals surface area contributed by atoms with Gasteiger partial charge in [-0.1, -0.05) is 39.1 Å². The summed E-state index contributed by atoms with van der Waals surface area (Å²) in [5, 5.41) is 19.9. The highest BCUT2D eigenvalue weighted by Gasteiger charge is 2.23. The Labute approximate surface area is 190 Å². The second-order valence-electron chi connectivity index (χ2n) is 6.25. The average Bonchev–Trinajstić information content (AvgIpc) is 2.69. The highest BCUT2D eigenvalue weighted by atomic mass is 79.9. The first kappa shape index (κ1) is 23.8. The highest BCUT2D eigenvalue weighted by molar-refractivity contribution is 9.09. The van der Waals surface area contributed by atoms with Crippen LogP contribution < -0.4 is 21.1 Å². The lowest BCUT2D eigenvalue weighted by molar-refractivity contribution is -0.115. The average molecular weight is 519 g/mol. The van der Waals surface area contributed by atoms with Crippen molar-refractivity contribution < 1.29 is 19.1 Å². The lowest BCUT2D eigenvalue weighted by Crippen LogP contribution is -2.39. The number of hydrogen-bond acceptors (Lipinski definition) is 6. The summed E-state index contributed by atoms with van der Waals surface area (Å²) >= 11 is 15.3. The Morgan fingerprint density at radius 2 is 1.67 bits per heavy atom. The van der Waals surface area contributed by atoms with E-state index in [0.29, 0.717) is 24.0 Å². The number of ether oxygens (including phenoxy) is 1. The van der Waals surface area contributed by atoms with Crippen molar-refractivity contribution in [2.45, 2.75) is 25.7 Å². The molecule has 2 rings (SSSR count). The fourth-order valence-corrected chi connectivity index (χ4v) is 3.54. The number of carbonyl (C=O) groups excluding carboxylic acids is 3. The van der Waals surface area contributed by atoms with Gasteiger partial charge in [0.15, 0.2) is 5.75 Å². The molecule has 1 aliphatic rings. The van der Waals surface area contributed by atoms with E-state index < -0.39 is 17.8 Å². The number of rotatable bonds is 6. The van der Waals surface area contributed by atoms with Crippen molar-refractivity contribution in [2.24, 2.45) is 5.73 Å². The molecule has 1 aromatic rings. The molecule has 0 saturated carbocycles. The Kier molecular flexibility index (Phi) is 8.39. The summed E-state index contributed by atoms with van der Waals surface area (Å²) in [5.41, 5.74) is 5.99. The van der Waals surface area contributed by atoms with Gasteiger partial charge in [0.05, 0.1) is 15.4 Å². The van der Waals surface area contributed by atoms with Crippen LogP contribution in [-0.2, 0) is 9.59 Å². The largest absolute Gasteiger partial charge is 0.436 e. The molecule has 0 aliphatic heterocycles. The number of anilines is 1. The van der Waals surface area contributed by atoms with E-state index in [2.05, 4.69) is 21.2 Å². The summed E-state index contributed by atoms with van der Waals surface area (Å²) in [7, 11) is 0. The summed E-state index contributed by atoms with van der Waals surface area (Å²) in [5.74, 6) is -1.75. The molecule has 0 spiro atoms. The van der Waals surface area contributed by atoms with Crippen LogP contribution in [0.4, 0.5) is 10.5 Å². The Balaban J connectivity index is 2.16. The number of primary amides is 1. The maximum atomic E-state index is 11.9. The van der Waals surface area contributed by atoms with Gasteiger partial charge in [-0.25, -0.2) is 4.79 Å². The fourth-order valence-electron chi connectivity index (χ4n) is 2.72. The fraction of sp³-hybridized carbons (Fsp3) is 0.278. The van der Waals surface area contributed by atoms with Crippen LogP contribution in [0.3, 0.4) is 0 Å². The van der Waals surface area contributed by atoms with Crippen molar-refractivity contribution in [3.63, 3.8) is 0 Å². The van der Waals surface area contributed by atoms with Crippen LogP contribution in [0.5, 0.6) is 5.75 Å². The molecule has 1 aliphatic carbocycles. The van der Waals surface area contributed by atoms with E-state index in [1.165, 1.54) is 12.1 Å². The van der Waals surface area contributed by atoms with Crippen LogP contribution in [0.25, 0.3) is 0 Å². The SMILES string of the molecule is N=C(CBr)C(=O)NC(=O)Nc1cc(Cl)c(OC(=N)C2=C(C(N)=O)CCCC2)c(Cl)c1. The molecule has 0 aromatic heterocycles. The van der Waals surface area contributed by atoms with Gasteiger partial charge in [-0.3, -0.25) is 25.7 Å². The number of carbonyl (C=O) groups is 3. The van der Waals surface area contributed by atoms with Gasteiger partial charge in [0, 0.05) is 16.8 Å². The lowest BCUT2D eigenvalue weighted by Gasteiger charge is -2.20. The Hall–Kier alpha value is -2.43. The first-order valence-corrected chi connectivity index (χ1v) is 10.5. The van der Waals surface area contributed by atoms with Crippen molar-refractivity contribution in [3.05, 3.63) is 33.3 Å². The molecule has 0 saturated heterocycles. The third kappa shape index (κ3) is 6.04. The number of imide groups is 1. The molecule has 9 nitrogen and oxygen atoms in total. The molecule has 30 heavy (non-hydrogen) atoms. The second kappa shape index (κ2) is 10.6. The molecule has 0 fully saturated rings. The molecule has 6 N–H and O–H groups in total. The van der Waals surface area contributed by atoms with E-state index in [1.54, 1.807) is 0 Å². The van der Waals surface area contributed by atoms with Gasteiger partial charge >= 0.3 is 6.03 Å². The van der Waals surface area contributed by atoms with Gasteiger partial charge in [-0.15, -0.1) is 0 Å². The number of benzene rings is 1. The Bertz CT molecular complexity index is 941. The topological polar surface area (TPSA) is 158 Å². The molecule has 0 bridgehead atoms. The molecule has 0 radical (unpaired) electrons. The van der Waals surface area contributed by atoms with Crippen molar-refractivity contribution in [2.75, 3.05) is 10.6 Å². The Morgan fingerprint density at radius 3 is 2.20 bits per heavy atom.